The van der Waals surface area contributed by atoms with Crippen LogP contribution in [0.1, 0.15) is 19.8 Å². The fraction of sp³-hybridized carbons (Fsp3) is 0.588. The largest absolute Gasteiger partial charge is 0.494 e. The van der Waals surface area contributed by atoms with Gasteiger partial charge in [-0.25, -0.2) is 0 Å². The van der Waals surface area contributed by atoms with Gasteiger partial charge in [0.25, 0.3) is 0 Å². The standard InChI is InChI=1S/C17H26N2O3/c1-3-21-15-4-6-16(7-5-15)22-13-12-19-10-8-14(9-11-19)17(20)18-2/h4-7,14H,3,8-13H2,1-2H3,(H,18,20). The highest BCUT2D eigenvalue weighted by atomic mass is 16.5. The first-order valence-corrected chi connectivity index (χ1v) is 8.02. The van der Waals surface area contributed by atoms with Crippen molar-refractivity contribution < 1.29 is 14.3 Å². The third-order valence-electron chi connectivity index (χ3n) is 4.02. The summed E-state index contributed by atoms with van der Waals surface area (Å²) in [5.74, 6) is 2.08. The van der Waals surface area contributed by atoms with E-state index < -0.39 is 0 Å². The third kappa shape index (κ3) is 4.91. The smallest absolute Gasteiger partial charge is 0.222 e. The quantitative estimate of drug-likeness (QED) is 0.836. The van der Waals surface area contributed by atoms with Gasteiger partial charge < -0.3 is 14.8 Å². The summed E-state index contributed by atoms with van der Waals surface area (Å²) in [6.07, 6.45) is 1.87. The summed E-state index contributed by atoms with van der Waals surface area (Å²) < 4.78 is 11.2. The van der Waals surface area contributed by atoms with E-state index >= 15 is 0 Å². The average molecular weight is 306 g/mol. The van der Waals surface area contributed by atoms with Gasteiger partial charge >= 0.3 is 0 Å². The first-order chi connectivity index (χ1) is 10.7. The van der Waals surface area contributed by atoms with E-state index in [2.05, 4.69) is 10.2 Å². The Balaban J connectivity index is 1.66. The molecule has 5 nitrogen and oxygen atoms in total. The van der Waals surface area contributed by atoms with Crippen LogP contribution < -0.4 is 14.8 Å². The number of amides is 1. The van der Waals surface area contributed by atoms with Gasteiger partial charge in [0.1, 0.15) is 18.1 Å². The Kier molecular flexibility index (Phi) is 6.52. The van der Waals surface area contributed by atoms with Gasteiger partial charge in [-0.15, -0.1) is 0 Å². The summed E-state index contributed by atoms with van der Waals surface area (Å²) in [5, 5.41) is 2.74. The molecule has 0 saturated carbocycles. The molecule has 0 bridgehead atoms. The Morgan fingerprint density at radius 2 is 1.77 bits per heavy atom. The van der Waals surface area contributed by atoms with Crippen LogP contribution in [0.4, 0.5) is 0 Å². The lowest BCUT2D eigenvalue weighted by Gasteiger charge is -2.30. The Hall–Kier alpha value is -1.75. The summed E-state index contributed by atoms with van der Waals surface area (Å²) in [4.78, 5) is 13.9. The molecular formula is C17H26N2O3. The van der Waals surface area contributed by atoms with Crippen LogP contribution in [0.3, 0.4) is 0 Å². The lowest BCUT2D eigenvalue weighted by atomic mass is 9.96. The van der Waals surface area contributed by atoms with Gasteiger partial charge in [0.05, 0.1) is 6.61 Å². The molecule has 1 aromatic rings. The lowest BCUT2D eigenvalue weighted by Crippen LogP contribution is -2.41. The molecule has 0 atom stereocenters. The highest BCUT2D eigenvalue weighted by Gasteiger charge is 2.23. The maximum Gasteiger partial charge on any atom is 0.222 e. The predicted molar refractivity (Wildman–Crippen MR) is 86.3 cm³/mol. The highest BCUT2D eigenvalue weighted by molar-refractivity contribution is 5.78. The second-order valence-corrected chi connectivity index (χ2v) is 5.48. The average Bonchev–Trinajstić information content (AvgIpc) is 2.56. The van der Waals surface area contributed by atoms with Crippen molar-refractivity contribution in [1.29, 1.82) is 0 Å². The maximum absolute atomic E-state index is 11.6. The van der Waals surface area contributed by atoms with E-state index in [0.29, 0.717) is 13.2 Å². The molecule has 0 unspecified atom stereocenters. The van der Waals surface area contributed by atoms with E-state index in [1.54, 1.807) is 7.05 Å². The second kappa shape index (κ2) is 8.63. The fourth-order valence-corrected chi connectivity index (χ4v) is 2.71. The number of benzene rings is 1. The van der Waals surface area contributed by atoms with Crippen LogP contribution in [0, 0.1) is 5.92 Å². The highest BCUT2D eigenvalue weighted by Crippen LogP contribution is 2.19. The van der Waals surface area contributed by atoms with Crippen LogP contribution in [0.5, 0.6) is 11.5 Å². The van der Waals surface area contributed by atoms with Gasteiger partial charge in [0, 0.05) is 19.5 Å². The van der Waals surface area contributed by atoms with Crippen molar-refractivity contribution in [3.05, 3.63) is 24.3 Å². The zero-order chi connectivity index (χ0) is 15.8. The van der Waals surface area contributed by atoms with E-state index in [1.807, 2.05) is 31.2 Å². The molecule has 0 radical (unpaired) electrons. The fourth-order valence-electron chi connectivity index (χ4n) is 2.71. The van der Waals surface area contributed by atoms with Crippen LogP contribution in [-0.4, -0.2) is 50.7 Å². The third-order valence-corrected chi connectivity index (χ3v) is 4.02. The van der Waals surface area contributed by atoms with Crippen molar-refractivity contribution in [2.45, 2.75) is 19.8 Å². The van der Waals surface area contributed by atoms with E-state index in [9.17, 15) is 4.79 Å². The van der Waals surface area contributed by atoms with Gasteiger partial charge in [-0.1, -0.05) is 0 Å². The molecule has 1 aromatic carbocycles. The molecule has 22 heavy (non-hydrogen) atoms. The SMILES string of the molecule is CCOc1ccc(OCCN2CCC(C(=O)NC)CC2)cc1. The molecule has 5 heteroatoms. The minimum atomic E-state index is 0.172. The second-order valence-electron chi connectivity index (χ2n) is 5.48. The number of carbonyl (C=O) groups is 1. The number of piperidine rings is 1. The number of nitrogens with zero attached hydrogens (tertiary/aromatic N) is 1. The van der Waals surface area contributed by atoms with Gasteiger partial charge in [-0.05, 0) is 57.1 Å². The Bertz CT molecular complexity index is 453. The van der Waals surface area contributed by atoms with Gasteiger partial charge in [0.15, 0.2) is 0 Å². The van der Waals surface area contributed by atoms with Crippen LogP contribution in [0.15, 0.2) is 24.3 Å². The molecule has 1 saturated heterocycles. The molecule has 1 fully saturated rings. The van der Waals surface area contributed by atoms with Crippen LogP contribution in [0.2, 0.25) is 0 Å². The molecule has 122 valence electrons. The van der Waals surface area contributed by atoms with Crippen molar-refractivity contribution in [3.8, 4) is 11.5 Å². The minimum Gasteiger partial charge on any atom is -0.494 e. The molecule has 1 N–H and O–H groups in total. The molecular weight excluding hydrogens is 280 g/mol. The van der Waals surface area contributed by atoms with Gasteiger partial charge in [-0.2, -0.15) is 0 Å². The summed E-state index contributed by atoms with van der Waals surface area (Å²) in [7, 11) is 1.71. The predicted octanol–water partition coefficient (Wildman–Crippen LogP) is 1.92. The van der Waals surface area contributed by atoms with Crippen molar-refractivity contribution in [1.82, 2.24) is 10.2 Å². The van der Waals surface area contributed by atoms with Crippen molar-refractivity contribution in [3.63, 3.8) is 0 Å². The number of likely N-dealkylation sites (tertiary alicyclic amines) is 1. The van der Waals surface area contributed by atoms with Crippen LogP contribution >= 0.6 is 0 Å². The van der Waals surface area contributed by atoms with E-state index in [4.69, 9.17) is 9.47 Å². The van der Waals surface area contributed by atoms with Crippen molar-refractivity contribution in [2.24, 2.45) is 5.92 Å². The van der Waals surface area contributed by atoms with Crippen molar-refractivity contribution >= 4 is 5.91 Å². The topological polar surface area (TPSA) is 50.8 Å². The van der Waals surface area contributed by atoms with E-state index in [1.165, 1.54) is 0 Å². The number of hydrogen-bond acceptors (Lipinski definition) is 4. The summed E-state index contributed by atoms with van der Waals surface area (Å²) in [6, 6.07) is 7.72. The molecule has 0 aromatic heterocycles. The number of rotatable bonds is 7. The summed E-state index contributed by atoms with van der Waals surface area (Å²) in [5.41, 5.74) is 0. The molecule has 1 heterocycles. The Morgan fingerprint density at radius 1 is 1.18 bits per heavy atom. The van der Waals surface area contributed by atoms with E-state index in [0.717, 1.165) is 44.0 Å². The van der Waals surface area contributed by atoms with Crippen molar-refractivity contribution in [2.75, 3.05) is 39.9 Å². The monoisotopic (exact) mass is 306 g/mol. The first-order valence-electron chi connectivity index (χ1n) is 8.02. The van der Waals surface area contributed by atoms with E-state index in [-0.39, 0.29) is 11.8 Å². The normalized spacial score (nSPS) is 16.3. The molecule has 1 aliphatic heterocycles. The molecule has 0 aliphatic carbocycles. The number of ether oxygens (including phenoxy) is 2. The van der Waals surface area contributed by atoms with Crippen LogP contribution in [0.25, 0.3) is 0 Å². The summed E-state index contributed by atoms with van der Waals surface area (Å²) >= 11 is 0. The molecule has 1 aliphatic rings. The molecule has 2 rings (SSSR count). The Morgan fingerprint density at radius 3 is 2.32 bits per heavy atom. The number of hydrogen-bond donors (Lipinski definition) is 1. The minimum absolute atomic E-state index is 0.172. The molecule has 1 amide bonds. The number of carbonyl (C=O) groups excluding carboxylic acids is 1. The first kappa shape index (κ1) is 16.6. The molecule has 0 spiro atoms. The lowest BCUT2D eigenvalue weighted by molar-refractivity contribution is -0.125. The van der Waals surface area contributed by atoms with Crippen LogP contribution in [-0.2, 0) is 4.79 Å². The van der Waals surface area contributed by atoms with Gasteiger partial charge in [-0.3, -0.25) is 9.69 Å². The zero-order valence-electron chi connectivity index (χ0n) is 13.5. The van der Waals surface area contributed by atoms with Gasteiger partial charge in [0.2, 0.25) is 5.91 Å². The zero-order valence-corrected chi connectivity index (χ0v) is 13.5. The summed E-state index contributed by atoms with van der Waals surface area (Å²) in [6.45, 7) is 6.13. The Labute approximate surface area is 132 Å². The number of nitrogens with one attached hydrogen (secondary N) is 1. The maximum atomic E-state index is 11.6.